The molecular weight excluding hydrogens is 184 g/mol. The zero-order valence-electron chi connectivity index (χ0n) is 8.96. The molecular formula is C13H16N2. The summed E-state index contributed by atoms with van der Waals surface area (Å²) in [6.45, 7) is 3.91. The molecule has 2 aromatic rings. The summed E-state index contributed by atoms with van der Waals surface area (Å²) in [7, 11) is 0. The Morgan fingerprint density at radius 1 is 1.07 bits per heavy atom. The minimum Gasteiger partial charge on any atom is -0.364 e. The summed E-state index contributed by atoms with van der Waals surface area (Å²) in [5.41, 5.74) is 3.86. The summed E-state index contributed by atoms with van der Waals surface area (Å²) in [5.74, 6) is 0. The Balaban J connectivity index is 1.81. The molecule has 0 unspecified atom stereocenters. The van der Waals surface area contributed by atoms with E-state index in [1.165, 1.54) is 16.8 Å². The minimum atomic E-state index is 0.890. The Kier molecular flexibility index (Phi) is 3.20. The smallest absolute Gasteiger partial charge is 0.0360 e. The van der Waals surface area contributed by atoms with Crippen molar-refractivity contribution in [1.82, 2.24) is 10.3 Å². The largest absolute Gasteiger partial charge is 0.364 e. The standard InChI is InChI=1S/C13H16N2/c1-11-4-6-12(7-5-11)9-14-10-13-3-2-8-15-13/h2-8,14-15H,9-10H2,1H3. The van der Waals surface area contributed by atoms with Crippen LogP contribution in [0.15, 0.2) is 42.6 Å². The fourth-order valence-electron chi connectivity index (χ4n) is 1.52. The lowest BCUT2D eigenvalue weighted by Gasteiger charge is -2.03. The predicted octanol–water partition coefficient (Wildman–Crippen LogP) is 2.61. The first kappa shape index (κ1) is 9.99. The van der Waals surface area contributed by atoms with Gasteiger partial charge in [0.15, 0.2) is 0 Å². The number of aryl methyl sites for hydroxylation is 1. The van der Waals surface area contributed by atoms with Gasteiger partial charge in [-0.2, -0.15) is 0 Å². The third-order valence-corrected chi connectivity index (χ3v) is 2.43. The maximum absolute atomic E-state index is 3.39. The lowest BCUT2D eigenvalue weighted by Crippen LogP contribution is -2.12. The lowest BCUT2D eigenvalue weighted by atomic mass is 10.1. The van der Waals surface area contributed by atoms with Crippen LogP contribution in [0, 0.1) is 6.92 Å². The number of nitrogens with one attached hydrogen (secondary N) is 2. The quantitative estimate of drug-likeness (QED) is 0.780. The first-order valence-electron chi connectivity index (χ1n) is 5.23. The number of aromatic amines is 1. The Hall–Kier alpha value is -1.54. The number of hydrogen-bond donors (Lipinski definition) is 2. The van der Waals surface area contributed by atoms with Gasteiger partial charge in [0.2, 0.25) is 0 Å². The third-order valence-electron chi connectivity index (χ3n) is 2.43. The van der Waals surface area contributed by atoms with Crippen LogP contribution < -0.4 is 5.32 Å². The molecule has 0 fully saturated rings. The average molecular weight is 200 g/mol. The first-order valence-corrected chi connectivity index (χ1v) is 5.23. The van der Waals surface area contributed by atoms with Gasteiger partial charge < -0.3 is 10.3 Å². The normalized spacial score (nSPS) is 10.5. The molecule has 0 aliphatic rings. The second kappa shape index (κ2) is 4.80. The Morgan fingerprint density at radius 3 is 2.53 bits per heavy atom. The number of H-pyrrole nitrogens is 1. The number of benzene rings is 1. The van der Waals surface area contributed by atoms with Gasteiger partial charge in [-0.15, -0.1) is 0 Å². The number of hydrogen-bond acceptors (Lipinski definition) is 1. The maximum Gasteiger partial charge on any atom is 0.0360 e. The zero-order chi connectivity index (χ0) is 10.5. The van der Waals surface area contributed by atoms with E-state index in [1.54, 1.807) is 0 Å². The van der Waals surface area contributed by atoms with Crippen LogP contribution >= 0.6 is 0 Å². The molecule has 0 atom stereocenters. The van der Waals surface area contributed by atoms with E-state index < -0.39 is 0 Å². The van der Waals surface area contributed by atoms with E-state index in [9.17, 15) is 0 Å². The predicted molar refractivity (Wildman–Crippen MR) is 62.5 cm³/mol. The second-order valence-corrected chi connectivity index (χ2v) is 3.78. The summed E-state index contributed by atoms with van der Waals surface area (Å²) in [4.78, 5) is 3.17. The van der Waals surface area contributed by atoms with E-state index in [0.29, 0.717) is 0 Å². The van der Waals surface area contributed by atoms with Crippen LogP contribution in [0.2, 0.25) is 0 Å². The minimum absolute atomic E-state index is 0.890. The monoisotopic (exact) mass is 200 g/mol. The molecule has 1 heterocycles. The Morgan fingerprint density at radius 2 is 1.87 bits per heavy atom. The summed E-state index contributed by atoms with van der Waals surface area (Å²) < 4.78 is 0. The van der Waals surface area contributed by atoms with E-state index in [0.717, 1.165) is 13.1 Å². The molecule has 2 nitrogen and oxygen atoms in total. The molecule has 0 radical (unpaired) electrons. The molecule has 78 valence electrons. The van der Waals surface area contributed by atoms with Crippen LogP contribution in [0.1, 0.15) is 16.8 Å². The molecule has 2 rings (SSSR count). The molecule has 1 aromatic heterocycles. The molecule has 0 bridgehead atoms. The molecule has 0 aliphatic heterocycles. The van der Waals surface area contributed by atoms with Gasteiger partial charge in [0.05, 0.1) is 0 Å². The van der Waals surface area contributed by atoms with Crippen LogP contribution in [-0.2, 0) is 13.1 Å². The lowest BCUT2D eigenvalue weighted by molar-refractivity contribution is 0.682. The molecule has 0 spiro atoms. The molecule has 15 heavy (non-hydrogen) atoms. The van der Waals surface area contributed by atoms with Gasteiger partial charge in [-0.1, -0.05) is 29.8 Å². The highest BCUT2D eigenvalue weighted by molar-refractivity contribution is 5.21. The van der Waals surface area contributed by atoms with E-state index >= 15 is 0 Å². The van der Waals surface area contributed by atoms with E-state index in [-0.39, 0.29) is 0 Å². The third kappa shape index (κ3) is 2.96. The highest BCUT2D eigenvalue weighted by Gasteiger charge is 1.93. The highest BCUT2D eigenvalue weighted by atomic mass is 14.9. The van der Waals surface area contributed by atoms with Crippen molar-refractivity contribution in [1.29, 1.82) is 0 Å². The van der Waals surface area contributed by atoms with Gasteiger partial charge in [0, 0.05) is 25.0 Å². The summed E-state index contributed by atoms with van der Waals surface area (Å²) >= 11 is 0. The number of rotatable bonds is 4. The van der Waals surface area contributed by atoms with Crippen LogP contribution in [0.25, 0.3) is 0 Å². The maximum atomic E-state index is 3.39. The SMILES string of the molecule is Cc1ccc(CNCc2ccc[nH]2)cc1. The average Bonchev–Trinajstić information content (AvgIpc) is 2.74. The van der Waals surface area contributed by atoms with Gasteiger partial charge in [0.25, 0.3) is 0 Å². The molecule has 2 N–H and O–H groups in total. The van der Waals surface area contributed by atoms with Gasteiger partial charge >= 0.3 is 0 Å². The number of aromatic nitrogens is 1. The Labute approximate surface area is 90.3 Å². The highest BCUT2D eigenvalue weighted by Crippen LogP contribution is 2.03. The molecule has 0 saturated carbocycles. The molecule has 0 amide bonds. The fourth-order valence-corrected chi connectivity index (χ4v) is 1.52. The van der Waals surface area contributed by atoms with Crippen LogP contribution in [0.5, 0.6) is 0 Å². The van der Waals surface area contributed by atoms with E-state index in [2.05, 4.69) is 47.6 Å². The van der Waals surface area contributed by atoms with Crippen LogP contribution in [-0.4, -0.2) is 4.98 Å². The van der Waals surface area contributed by atoms with Crippen LogP contribution in [0.3, 0.4) is 0 Å². The van der Waals surface area contributed by atoms with Crippen molar-refractivity contribution in [3.8, 4) is 0 Å². The van der Waals surface area contributed by atoms with Gasteiger partial charge in [0.1, 0.15) is 0 Å². The Bertz CT molecular complexity index is 387. The van der Waals surface area contributed by atoms with Gasteiger partial charge in [-0.3, -0.25) is 0 Å². The van der Waals surface area contributed by atoms with Crippen molar-refractivity contribution in [2.75, 3.05) is 0 Å². The van der Waals surface area contributed by atoms with Gasteiger partial charge in [-0.25, -0.2) is 0 Å². The molecule has 1 aromatic carbocycles. The summed E-state index contributed by atoms with van der Waals surface area (Å²) in [5, 5.41) is 3.39. The topological polar surface area (TPSA) is 27.8 Å². The van der Waals surface area contributed by atoms with Crippen LogP contribution in [0.4, 0.5) is 0 Å². The molecule has 2 heteroatoms. The first-order chi connectivity index (χ1) is 7.34. The van der Waals surface area contributed by atoms with Gasteiger partial charge in [-0.05, 0) is 24.6 Å². The fraction of sp³-hybridized carbons (Fsp3) is 0.231. The van der Waals surface area contributed by atoms with Crippen molar-refractivity contribution >= 4 is 0 Å². The molecule has 0 aliphatic carbocycles. The van der Waals surface area contributed by atoms with Crippen molar-refractivity contribution in [2.45, 2.75) is 20.0 Å². The summed E-state index contributed by atoms with van der Waals surface area (Å²) in [6, 6.07) is 12.7. The summed E-state index contributed by atoms with van der Waals surface area (Å²) in [6.07, 6.45) is 1.95. The van der Waals surface area contributed by atoms with Crippen molar-refractivity contribution in [2.24, 2.45) is 0 Å². The van der Waals surface area contributed by atoms with Crippen molar-refractivity contribution < 1.29 is 0 Å². The van der Waals surface area contributed by atoms with Crippen molar-refractivity contribution in [3.05, 3.63) is 59.4 Å². The van der Waals surface area contributed by atoms with Crippen molar-refractivity contribution in [3.63, 3.8) is 0 Å². The van der Waals surface area contributed by atoms with E-state index in [1.807, 2.05) is 12.3 Å². The zero-order valence-corrected chi connectivity index (χ0v) is 8.96. The second-order valence-electron chi connectivity index (χ2n) is 3.78. The molecule has 0 saturated heterocycles. The van der Waals surface area contributed by atoms with E-state index in [4.69, 9.17) is 0 Å².